The molecule has 0 heterocycles. The van der Waals surface area contributed by atoms with E-state index in [1.807, 2.05) is 24.3 Å². The first-order valence-electron chi connectivity index (χ1n) is 4.63. The molecule has 1 rings (SSSR count). The van der Waals surface area contributed by atoms with Gasteiger partial charge < -0.3 is 10.9 Å². The Morgan fingerprint density at radius 3 is 2.53 bits per heavy atom. The Hall–Kier alpha value is -0.620. The van der Waals surface area contributed by atoms with E-state index in [4.69, 9.17) is 10.9 Å². The van der Waals surface area contributed by atoms with Gasteiger partial charge in [0.2, 0.25) is 0 Å². The first kappa shape index (κ1) is 12.4. The van der Waals surface area contributed by atoms with Crippen LogP contribution in [0.25, 0.3) is 0 Å². The highest BCUT2D eigenvalue weighted by Gasteiger charge is 2.03. The van der Waals surface area contributed by atoms with Gasteiger partial charge in [-0.2, -0.15) is 0 Å². The number of rotatable bonds is 5. The minimum atomic E-state index is -0.504. The van der Waals surface area contributed by atoms with Crippen LogP contribution in [0.3, 0.4) is 0 Å². The molecule has 3 nitrogen and oxygen atoms in total. The van der Waals surface area contributed by atoms with Crippen molar-refractivity contribution >= 4 is 11.9 Å². The zero-order valence-corrected chi connectivity index (χ0v) is 9.38. The van der Waals surface area contributed by atoms with Crippen LogP contribution in [0.1, 0.15) is 5.56 Å². The van der Waals surface area contributed by atoms with Gasteiger partial charge in [0.25, 0.3) is 0 Å². The SMILES string of the molecule is CN(O)Sc1ccc(CC(N)CF)cc1. The highest BCUT2D eigenvalue weighted by molar-refractivity contribution is 7.96. The van der Waals surface area contributed by atoms with Gasteiger partial charge in [0, 0.05) is 18.0 Å². The number of nitrogens with zero attached hydrogens (tertiary/aromatic N) is 1. The molecule has 84 valence electrons. The van der Waals surface area contributed by atoms with E-state index in [0.717, 1.165) is 14.9 Å². The molecule has 5 heteroatoms. The van der Waals surface area contributed by atoms with Crippen LogP contribution in [0.2, 0.25) is 0 Å². The number of alkyl halides is 1. The van der Waals surface area contributed by atoms with Crippen molar-refractivity contribution < 1.29 is 9.60 Å². The van der Waals surface area contributed by atoms with Crippen LogP contribution in [0.4, 0.5) is 4.39 Å². The highest BCUT2D eigenvalue weighted by Crippen LogP contribution is 2.19. The third-order valence-corrected chi connectivity index (χ3v) is 2.60. The average Bonchev–Trinajstić information content (AvgIpc) is 2.20. The summed E-state index contributed by atoms with van der Waals surface area (Å²) in [7, 11) is 1.55. The fourth-order valence-electron chi connectivity index (χ4n) is 1.20. The smallest absolute Gasteiger partial charge is 0.105 e. The van der Waals surface area contributed by atoms with Crippen molar-refractivity contribution in [3.8, 4) is 0 Å². The molecule has 1 unspecified atom stereocenters. The molecule has 0 amide bonds. The summed E-state index contributed by atoms with van der Waals surface area (Å²) in [5.74, 6) is 0. The second-order valence-corrected chi connectivity index (χ2v) is 4.50. The maximum Gasteiger partial charge on any atom is 0.105 e. The van der Waals surface area contributed by atoms with Crippen LogP contribution in [-0.4, -0.2) is 29.4 Å². The van der Waals surface area contributed by atoms with Crippen LogP contribution < -0.4 is 5.73 Å². The lowest BCUT2D eigenvalue weighted by Gasteiger charge is -2.09. The first-order chi connectivity index (χ1) is 7.11. The molecule has 0 bridgehead atoms. The molecular weight excluding hydrogens is 215 g/mol. The number of hydroxylamine groups is 1. The molecule has 0 saturated heterocycles. The predicted molar refractivity (Wildman–Crippen MR) is 59.5 cm³/mol. The molecule has 3 N–H and O–H groups in total. The third-order valence-electron chi connectivity index (χ3n) is 1.86. The molecule has 0 aliphatic rings. The molecule has 1 aromatic carbocycles. The maximum atomic E-state index is 12.2. The van der Waals surface area contributed by atoms with Gasteiger partial charge in [-0.05, 0) is 36.1 Å². The Labute approximate surface area is 93.2 Å². The number of hydrogen-bond donors (Lipinski definition) is 2. The van der Waals surface area contributed by atoms with E-state index in [2.05, 4.69) is 0 Å². The second kappa shape index (κ2) is 6.07. The van der Waals surface area contributed by atoms with Crippen molar-refractivity contribution in [2.24, 2.45) is 5.73 Å². The number of halogens is 1. The molecule has 0 fully saturated rings. The van der Waals surface area contributed by atoms with Gasteiger partial charge in [-0.1, -0.05) is 12.1 Å². The van der Waals surface area contributed by atoms with Crippen molar-refractivity contribution in [1.29, 1.82) is 0 Å². The van der Waals surface area contributed by atoms with Gasteiger partial charge in [0.15, 0.2) is 0 Å². The van der Waals surface area contributed by atoms with Crippen molar-refractivity contribution in [2.75, 3.05) is 13.7 Å². The van der Waals surface area contributed by atoms with E-state index < -0.39 is 12.7 Å². The van der Waals surface area contributed by atoms with E-state index in [1.54, 1.807) is 7.05 Å². The molecule has 15 heavy (non-hydrogen) atoms. The lowest BCUT2D eigenvalue weighted by Crippen LogP contribution is -2.24. The second-order valence-electron chi connectivity index (χ2n) is 3.32. The predicted octanol–water partition coefficient (Wildman–Crippen LogP) is 1.85. The van der Waals surface area contributed by atoms with Crippen LogP contribution in [0.15, 0.2) is 29.2 Å². The molecular formula is C10H15FN2OS. The van der Waals surface area contributed by atoms with E-state index in [1.165, 1.54) is 11.9 Å². The van der Waals surface area contributed by atoms with Crippen molar-refractivity contribution in [2.45, 2.75) is 17.4 Å². The lowest BCUT2D eigenvalue weighted by molar-refractivity contribution is 0.0454. The number of benzene rings is 1. The summed E-state index contributed by atoms with van der Waals surface area (Å²) in [6.07, 6.45) is 0.538. The molecule has 0 aromatic heterocycles. The average molecular weight is 230 g/mol. The van der Waals surface area contributed by atoms with Crippen LogP contribution in [0, 0.1) is 0 Å². The summed E-state index contributed by atoms with van der Waals surface area (Å²) in [6.45, 7) is -0.504. The van der Waals surface area contributed by atoms with Gasteiger partial charge >= 0.3 is 0 Å². The van der Waals surface area contributed by atoms with Crippen molar-refractivity contribution in [3.05, 3.63) is 29.8 Å². The van der Waals surface area contributed by atoms with Gasteiger partial charge in [0.1, 0.15) is 6.67 Å². The molecule has 0 aliphatic carbocycles. The Morgan fingerprint density at radius 2 is 2.07 bits per heavy atom. The van der Waals surface area contributed by atoms with Crippen LogP contribution >= 0.6 is 11.9 Å². The maximum absolute atomic E-state index is 12.2. The van der Waals surface area contributed by atoms with E-state index in [0.29, 0.717) is 6.42 Å². The first-order valence-corrected chi connectivity index (χ1v) is 5.40. The summed E-state index contributed by atoms with van der Waals surface area (Å²) in [6, 6.07) is 7.10. The third kappa shape index (κ3) is 4.61. The summed E-state index contributed by atoms with van der Waals surface area (Å²) in [5.41, 5.74) is 6.50. The van der Waals surface area contributed by atoms with E-state index in [-0.39, 0.29) is 0 Å². The van der Waals surface area contributed by atoms with Gasteiger partial charge in [0.05, 0.1) is 0 Å². The Balaban J connectivity index is 2.56. The summed E-state index contributed by atoms with van der Waals surface area (Å²) >= 11 is 1.22. The monoisotopic (exact) mass is 230 g/mol. The van der Waals surface area contributed by atoms with Gasteiger partial charge in [-0.15, -0.1) is 4.47 Å². The molecule has 0 spiro atoms. The fourth-order valence-corrected chi connectivity index (χ4v) is 1.76. The Morgan fingerprint density at radius 1 is 1.47 bits per heavy atom. The molecule has 0 saturated carbocycles. The summed E-state index contributed by atoms with van der Waals surface area (Å²) in [5, 5.41) is 8.99. The topological polar surface area (TPSA) is 49.5 Å². The number of nitrogens with two attached hydrogens (primary N) is 1. The molecule has 0 aliphatic heterocycles. The minimum absolute atomic E-state index is 0.427. The van der Waals surface area contributed by atoms with E-state index >= 15 is 0 Å². The largest absolute Gasteiger partial charge is 0.325 e. The van der Waals surface area contributed by atoms with E-state index in [9.17, 15) is 4.39 Å². The summed E-state index contributed by atoms with van der Waals surface area (Å²) in [4.78, 5) is 0.928. The van der Waals surface area contributed by atoms with Crippen molar-refractivity contribution in [3.63, 3.8) is 0 Å². The van der Waals surface area contributed by atoms with Crippen LogP contribution in [0.5, 0.6) is 0 Å². The zero-order chi connectivity index (χ0) is 11.3. The highest BCUT2D eigenvalue weighted by atomic mass is 32.2. The Bertz CT molecular complexity index is 292. The number of hydrogen-bond acceptors (Lipinski definition) is 4. The standard InChI is InChI=1S/C10H15FN2OS/c1-13(14)15-10-4-2-8(3-5-10)6-9(12)7-11/h2-5,9,14H,6-7,12H2,1H3. The summed E-state index contributed by atoms with van der Waals surface area (Å²) < 4.78 is 13.2. The normalized spacial score (nSPS) is 13.1. The fraction of sp³-hybridized carbons (Fsp3) is 0.400. The Kier molecular flexibility index (Phi) is 5.04. The lowest BCUT2D eigenvalue weighted by atomic mass is 10.1. The van der Waals surface area contributed by atoms with Gasteiger partial charge in [-0.3, -0.25) is 0 Å². The van der Waals surface area contributed by atoms with Crippen molar-refractivity contribution in [1.82, 2.24) is 4.47 Å². The molecule has 1 aromatic rings. The van der Waals surface area contributed by atoms with Crippen LogP contribution in [-0.2, 0) is 6.42 Å². The molecule has 0 radical (unpaired) electrons. The minimum Gasteiger partial charge on any atom is -0.325 e. The zero-order valence-electron chi connectivity index (χ0n) is 8.56. The van der Waals surface area contributed by atoms with Gasteiger partial charge in [-0.25, -0.2) is 4.39 Å². The molecule has 1 atom stereocenters. The quantitative estimate of drug-likeness (QED) is 0.599.